The van der Waals surface area contributed by atoms with Gasteiger partial charge in [0.2, 0.25) is 0 Å². The summed E-state index contributed by atoms with van der Waals surface area (Å²) in [6.07, 6.45) is 3.79. The zero-order valence-corrected chi connectivity index (χ0v) is 16.5. The standard InChI is InChI=1S/C16H23BrN2O2.2ClH/c1-3-4-5-14(19-8-6-18-7-9-19)13-10-12(17)11-15(21-2)16(13)20;;/h3,10-11,14,18,20H,1,4-9H2,2H3;2*1H/t14-;;/m0../s1. The first-order chi connectivity index (χ1) is 10.2. The molecule has 2 N–H and O–H groups in total. The van der Waals surface area contributed by atoms with E-state index in [-0.39, 0.29) is 36.6 Å². The van der Waals surface area contributed by atoms with Crippen molar-refractivity contribution in [1.29, 1.82) is 0 Å². The number of phenols is 1. The summed E-state index contributed by atoms with van der Waals surface area (Å²) >= 11 is 3.51. The lowest BCUT2D eigenvalue weighted by molar-refractivity contribution is 0.163. The molecule has 1 aliphatic rings. The number of ether oxygens (including phenoxy) is 1. The van der Waals surface area contributed by atoms with Crippen molar-refractivity contribution in [2.24, 2.45) is 0 Å². The second-order valence-corrected chi connectivity index (χ2v) is 6.13. The molecule has 1 fully saturated rings. The number of halogens is 3. The fraction of sp³-hybridized carbons (Fsp3) is 0.500. The van der Waals surface area contributed by atoms with E-state index < -0.39 is 0 Å². The molecule has 1 saturated heterocycles. The van der Waals surface area contributed by atoms with Crippen LogP contribution in [0.1, 0.15) is 24.4 Å². The minimum atomic E-state index is 0. The van der Waals surface area contributed by atoms with Crippen molar-refractivity contribution in [3.63, 3.8) is 0 Å². The predicted molar refractivity (Wildman–Crippen MR) is 103 cm³/mol. The summed E-state index contributed by atoms with van der Waals surface area (Å²) < 4.78 is 6.20. The average molecular weight is 428 g/mol. The first kappa shape index (κ1) is 22.5. The van der Waals surface area contributed by atoms with Gasteiger partial charge in [-0.15, -0.1) is 31.4 Å². The molecule has 1 aromatic carbocycles. The first-order valence-electron chi connectivity index (χ1n) is 7.29. The zero-order valence-electron chi connectivity index (χ0n) is 13.3. The Morgan fingerprint density at radius 1 is 1.39 bits per heavy atom. The monoisotopic (exact) mass is 426 g/mol. The van der Waals surface area contributed by atoms with E-state index >= 15 is 0 Å². The summed E-state index contributed by atoms with van der Waals surface area (Å²) in [5.74, 6) is 0.756. The number of methoxy groups -OCH3 is 1. The highest BCUT2D eigenvalue weighted by atomic mass is 79.9. The Balaban J connectivity index is 0.00000242. The molecule has 0 amide bonds. The van der Waals surface area contributed by atoms with Crippen LogP contribution in [-0.2, 0) is 0 Å². The van der Waals surface area contributed by atoms with Crippen LogP contribution in [0.3, 0.4) is 0 Å². The molecule has 1 heterocycles. The van der Waals surface area contributed by atoms with Crippen molar-refractivity contribution in [3.05, 3.63) is 34.8 Å². The molecule has 0 bridgehead atoms. The summed E-state index contributed by atoms with van der Waals surface area (Å²) in [5.41, 5.74) is 0.921. The zero-order chi connectivity index (χ0) is 15.2. The summed E-state index contributed by atoms with van der Waals surface area (Å²) in [5, 5.41) is 13.9. The van der Waals surface area contributed by atoms with Gasteiger partial charge in [-0.25, -0.2) is 0 Å². The Bertz CT molecular complexity index is 497. The molecule has 0 aliphatic carbocycles. The molecule has 1 aromatic rings. The van der Waals surface area contributed by atoms with Crippen molar-refractivity contribution in [1.82, 2.24) is 10.2 Å². The fourth-order valence-electron chi connectivity index (χ4n) is 2.81. The van der Waals surface area contributed by atoms with E-state index in [0.717, 1.165) is 49.1 Å². The van der Waals surface area contributed by atoms with Gasteiger partial charge in [-0.3, -0.25) is 4.90 Å². The van der Waals surface area contributed by atoms with E-state index in [1.165, 1.54) is 0 Å². The second-order valence-electron chi connectivity index (χ2n) is 5.21. The number of piperazine rings is 1. The maximum absolute atomic E-state index is 10.5. The van der Waals surface area contributed by atoms with E-state index in [4.69, 9.17) is 4.74 Å². The number of hydrogen-bond donors (Lipinski definition) is 2. The second kappa shape index (κ2) is 11.2. The Hall–Kier alpha value is -0.460. The highest BCUT2D eigenvalue weighted by Crippen LogP contribution is 2.40. The van der Waals surface area contributed by atoms with Gasteiger partial charge in [-0.1, -0.05) is 22.0 Å². The van der Waals surface area contributed by atoms with Crippen LogP contribution in [0.5, 0.6) is 11.5 Å². The normalized spacial score (nSPS) is 15.9. The Kier molecular flexibility index (Phi) is 10.9. The average Bonchev–Trinajstić information content (AvgIpc) is 2.51. The third-order valence-corrected chi connectivity index (χ3v) is 4.34. The van der Waals surface area contributed by atoms with Crippen LogP contribution in [0, 0.1) is 0 Å². The van der Waals surface area contributed by atoms with E-state index in [2.05, 4.69) is 32.7 Å². The third kappa shape index (κ3) is 5.84. The van der Waals surface area contributed by atoms with Gasteiger partial charge in [0.25, 0.3) is 0 Å². The van der Waals surface area contributed by atoms with Crippen molar-refractivity contribution < 1.29 is 9.84 Å². The number of benzene rings is 1. The lowest BCUT2D eigenvalue weighted by atomic mass is 9.98. The Labute approximate surface area is 159 Å². The van der Waals surface area contributed by atoms with Gasteiger partial charge in [0.1, 0.15) is 0 Å². The molecule has 4 nitrogen and oxygen atoms in total. The molecule has 0 saturated carbocycles. The van der Waals surface area contributed by atoms with Gasteiger partial charge >= 0.3 is 0 Å². The van der Waals surface area contributed by atoms with Crippen LogP contribution in [-0.4, -0.2) is 43.3 Å². The maximum atomic E-state index is 10.5. The molecule has 7 heteroatoms. The first-order valence-corrected chi connectivity index (χ1v) is 8.08. The SMILES string of the molecule is C=CCC[C@@H](c1cc(Br)cc(OC)c1O)N1CCNCC1.Cl.Cl. The van der Waals surface area contributed by atoms with Crippen LogP contribution < -0.4 is 10.1 Å². The van der Waals surface area contributed by atoms with E-state index in [1.807, 2.05) is 12.1 Å². The number of phenolic OH excluding ortho intramolecular Hbond substituents is 1. The van der Waals surface area contributed by atoms with Crippen LogP contribution in [0.25, 0.3) is 0 Å². The molecular weight excluding hydrogens is 403 g/mol. The van der Waals surface area contributed by atoms with E-state index in [0.29, 0.717) is 5.75 Å². The topological polar surface area (TPSA) is 44.7 Å². The van der Waals surface area contributed by atoms with Crippen molar-refractivity contribution in [2.75, 3.05) is 33.3 Å². The number of aromatic hydroxyl groups is 1. The van der Waals surface area contributed by atoms with Crippen LogP contribution in [0.2, 0.25) is 0 Å². The minimum absolute atomic E-state index is 0. The van der Waals surface area contributed by atoms with Crippen LogP contribution in [0.4, 0.5) is 0 Å². The van der Waals surface area contributed by atoms with E-state index in [9.17, 15) is 5.11 Å². The molecule has 0 unspecified atom stereocenters. The summed E-state index contributed by atoms with van der Waals surface area (Å²) in [6.45, 7) is 7.75. The fourth-order valence-corrected chi connectivity index (χ4v) is 3.26. The molecule has 2 rings (SSSR count). The lowest BCUT2D eigenvalue weighted by Gasteiger charge is -2.35. The van der Waals surface area contributed by atoms with E-state index in [1.54, 1.807) is 13.2 Å². The number of rotatable bonds is 6. The maximum Gasteiger partial charge on any atom is 0.162 e. The molecule has 1 aliphatic heterocycles. The smallest absolute Gasteiger partial charge is 0.162 e. The summed E-state index contributed by atoms with van der Waals surface area (Å²) in [7, 11) is 1.58. The number of allylic oxidation sites excluding steroid dienone is 1. The van der Waals surface area contributed by atoms with Gasteiger partial charge < -0.3 is 15.2 Å². The summed E-state index contributed by atoms with van der Waals surface area (Å²) in [6, 6.07) is 3.96. The molecule has 1 atom stereocenters. The number of nitrogens with zero attached hydrogens (tertiary/aromatic N) is 1. The van der Waals surface area contributed by atoms with Crippen molar-refractivity contribution >= 4 is 40.7 Å². The molecule has 0 radical (unpaired) electrons. The van der Waals surface area contributed by atoms with Crippen LogP contribution >= 0.6 is 40.7 Å². The van der Waals surface area contributed by atoms with Gasteiger partial charge in [0.15, 0.2) is 11.5 Å². The van der Waals surface area contributed by atoms with Crippen LogP contribution in [0.15, 0.2) is 29.3 Å². The molecule has 0 spiro atoms. The lowest BCUT2D eigenvalue weighted by Crippen LogP contribution is -2.45. The third-order valence-electron chi connectivity index (χ3n) is 3.88. The van der Waals surface area contributed by atoms with Gasteiger partial charge in [-0.05, 0) is 25.0 Å². The van der Waals surface area contributed by atoms with Gasteiger partial charge in [-0.2, -0.15) is 0 Å². The molecule has 0 aromatic heterocycles. The number of nitrogens with one attached hydrogen (secondary N) is 1. The quantitative estimate of drug-likeness (QED) is 0.675. The largest absolute Gasteiger partial charge is 0.504 e. The van der Waals surface area contributed by atoms with Crippen molar-refractivity contribution in [3.8, 4) is 11.5 Å². The van der Waals surface area contributed by atoms with Crippen molar-refractivity contribution in [2.45, 2.75) is 18.9 Å². The summed E-state index contributed by atoms with van der Waals surface area (Å²) in [4.78, 5) is 2.42. The Morgan fingerprint density at radius 3 is 2.61 bits per heavy atom. The number of hydrogen-bond acceptors (Lipinski definition) is 4. The molecule has 23 heavy (non-hydrogen) atoms. The predicted octanol–water partition coefficient (Wildman–Crippen LogP) is 3.92. The Morgan fingerprint density at radius 2 is 2.04 bits per heavy atom. The highest BCUT2D eigenvalue weighted by Gasteiger charge is 2.25. The molecular formula is C16H25BrCl2N2O2. The van der Waals surface area contributed by atoms with Gasteiger partial charge in [0, 0.05) is 42.3 Å². The molecule has 132 valence electrons. The highest BCUT2D eigenvalue weighted by molar-refractivity contribution is 9.10. The minimum Gasteiger partial charge on any atom is -0.504 e. The van der Waals surface area contributed by atoms with Gasteiger partial charge in [0.05, 0.1) is 7.11 Å².